The second-order valence-corrected chi connectivity index (χ2v) is 8.72. The van der Waals surface area contributed by atoms with Crippen molar-refractivity contribution in [2.45, 2.75) is 51.4 Å². The lowest BCUT2D eigenvalue weighted by molar-refractivity contribution is -0.131. The van der Waals surface area contributed by atoms with E-state index >= 15 is 0 Å². The molecule has 0 radical (unpaired) electrons. The molecule has 0 unspecified atom stereocenters. The summed E-state index contributed by atoms with van der Waals surface area (Å²) in [6.45, 7) is 2.66. The van der Waals surface area contributed by atoms with Crippen molar-refractivity contribution in [3.63, 3.8) is 0 Å². The van der Waals surface area contributed by atoms with Gasteiger partial charge in [0.15, 0.2) is 0 Å². The molecule has 1 saturated heterocycles. The Hall–Kier alpha value is -2.56. The van der Waals surface area contributed by atoms with Gasteiger partial charge in [-0.05, 0) is 30.2 Å². The van der Waals surface area contributed by atoms with Gasteiger partial charge in [0.2, 0.25) is 5.91 Å². The first-order valence-electron chi connectivity index (χ1n) is 11.5. The molecule has 2 aromatic rings. The molecule has 160 valence electrons. The summed E-state index contributed by atoms with van der Waals surface area (Å²) in [7, 11) is 0. The summed E-state index contributed by atoms with van der Waals surface area (Å²) in [5.74, 6) is 0.995. The van der Waals surface area contributed by atoms with Gasteiger partial charge in [-0.1, -0.05) is 68.5 Å². The van der Waals surface area contributed by atoms with E-state index in [2.05, 4.69) is 5.32 Å². The van der Waals surface area contributed by atoms with Gasteiger partial charge in [0.05, 0.1) is 5.69 Å². The normalized spacial score (nSPS) is 18.3. The Morgan fingerprint density at radius 2 is 1.57 bits per heavy atom. The molecule has 0 bridgehead atoms. The smallest absolute Gasteiger partial charge is 0.321 e. The Kier molecular flexibility index (Phi) is 6.88. The van der Waals surface area contributed by atoms with Crippen LogP contribution in [0.3, 0.4) is 0 Å². The van der Waals surface area contributed by atoms with Crippen LogP contribution in [0, 0.1) is 5.92 Å². The van der Waals surface area contributed by atoms with Gasteiger partial charge in [-0.25, -0.2) is 4.79 Å². The van der Waals surface area contributed by atoms with E-state index in [0.29, 0.717) is 26.1 Å². The van der Waals surface area contributed by atoms with E-state index < -0.39 is 0 Å². The Labute approximate surface area is 179 Å². The molecule has 30 heavy (non-hydrogen) atoms. The number of anilines is 1. The molecule has 5 heteroatoms. The Bertz CT molecular complexity index is 870. The average Bonchev–Trinajstić information content (AvgIpc) is 3.05. The maximum absolute atomic E-state index is 12.9. The molecule has 0 atom stereocenters. The summed E-state index contributed by atoms with van der Waals surface area (Å²) in [6, 6.07) is 13.9. The minimum Gasteiger partial charge on any atom is -0.341 e. The van der Waals surface area contributed by atoms with Crippen LogP contribution in [-0.4, -0.2) is 47.9 Å². The van der Waals surface area contributed by atoms with Crippen molar-refractivity contribution in [2.24, 2.45) is 5.92 Å². The predicted molar refractivity (Wildman–Crippen MR) is 122 cm³/mol. The van der Waals surface area contributed by atoms with Crippen LogP contribution in [0.25, 0.3) is 10.8 Å². The number of benzene rings is 2. The Morgan fingerprint density at radius 3 is 2.43 bits per heavy atom. The van der Waals surface area contributed by atoms with Gasteiger partial charge >= 0.3 is 6.03 Å². The van der Waals surface area contributed by atoms with Gasteiger partial charge in [-0.2, -0.15) is 0 Å². The maximum atomic E-state index is 12.9. The highest BCUT2D eigenvalue weighted by Crippen LogP contribution is 2.27. The summed E-state index contributed by atoms with van der Waals surface area (Å²) < 4.78 is 0. The summed E-state index contributed by atoms with van der Waals surface area (Å²) in [6.07, 6.45) is 9.09. The van der Waals surface area contributed by atoms with Crippen molar-refractivity contribution in [3.8, 4) is 0 Å². The van der Waals surface area contributed by atoms with Crippen molar-refractivity contribution < 1.29 is 9.59 Å². The van der Waals surface area contributed by atoms with Crippen molar-refractivity contribution in [1.29, 1.82) is 0 Å². The molecule has 1 heterocycles. The van der Waals surface area contributed by atoms with Crippen LogP contribution in [-0.2, 0) is 4.79 Å². The monoisotopic (exact) mass is 407 g/mol. The van der Waals surface area contributed by atoms with Crippen LogP contribution < -0.4 is 5.32 Å². The Balaban J connectivity index is 1.30. The number of carbonyl (C=O) groups excluding carboxylic acids is 2. The van der Waals surface area contributed by atoms with Crippen LogP contribution in [0.2, 0.25) is 0 Å². The number of hydrogen-bond acceptors (Lipinski definition) is 2. The highest BCUT2D eigenvalue weighted by atomic mass is 16.2. The van der Waals surface area contributed by atoms with Gasteiger partial charge in [0, 0.05) is 38.0 Å². The number of rotatable bonds is 4. The quantitative estimate of drug-likeness (QED) is 0.751. The van der Waals surface area contributed by atoms with Gasteiger partial charge < -0.3 is 15.1 Å². The first kappa shape index (κ1) is 20.7. The highest BCUT2D eigenvalue weighted by Gasteiger charge is 2.23. The van der Waals surface area contributed by atoms with Crippen molar-refractivity contribution in [2.75, 3.05) is 31.5 Å². The molecule has 2 fully saturated rings. The van der Waals surface area contributed by atoms with Crippen LogP contribution in [0.5, 0.6) is 0 Å². The third kappa shape index (κ3) is 5.13. The Morgan fingerprint density at radius 1 is 0.833 bits per heavy atom. The minimum absolute atomic E-state index is 0.0807. The zero-order valence-electron chi connectivity index (χ0n) is 17.8. The fourth-order valence-corrected chi connectivity index (χ4v) is 4.86. The van der Waals surface area contributed by atoms with Crippen LogP contribution >= 0.6 is 0 Å². The molecule has 1 saturated carbocycles. The number of carbonyl (C=O) groups is 2. The maximum Gasteiger partial charge on any atom is 0.321 e. The molecular formula is C25H33N3O2. The van der Waals surface area contributed by atoms with E-state index in [1.54, 1.807) is 0 Å². The molecule has 2 aromatic carbocycles. The van der Waals surface area contributed by atoms with E-state index in [-0.39, 0.29) is 11.9 Å². The molecule has 4 rings (SSSR count). The summed E-state index contributed by atoms with van der Waals surface area (Å²) in [5.41, 5.74) is 0.836. The summed E-state index contributed by atoms with van der Waals surface area (Å²) in [4.78, 5) is 29.4. The summed E-state index contributed by atoms with van der Waals surface area (Å²) >= 11 is 0. The van der Waals surface area contributed by atoms with Crippen LogP contribution in [0.4, 0.5) is 10.5 Å². The van der Waals surface area contributed by atoms with Crippen LogP contribution in [0.15, 0.2) is 42.5 Å². The number of hydrogen-bond donors (Lipinski definition) is 1. The third-order valence-corrected chi connectivity index (χ3v) is 6.66. The number of amides is 3. The van der Waals surface area contributed by atoms with E-state index in [0.717, 1.165) is 41.8 Å². The predicted octanol–water partition coefficient (Wildman–Crippen LogP) is 5.27. The lowest BCUT2D eigenvalue weighted by Crippen LogP contribution is -2.39. The van der Waals surface area contributed by atoms with Gasteiger partial charge in [-0.15, -0.1) is 0 Å². The zero-order chi connectivity index (χ0) is 20.8. The van der Waals surface area contributed by atoms with Gasteiger partial charge in [0.25, 0.3) is 0 Å². The van der Waals surface area contributed by atoms with E-state index in [1.165, 1.54) is 32.1 Å². The summed E-state index contributed by atoms with van der Waals surface area (Å²) in [5, 5.41) is 5.23. The largest absolute Gasteiger partial charge is 0.341 e. The zero-order valence-corrected chi connectivity index (χ0v) is 17.8. The molecule has 1 aliphatic carbocycles. The second-order valence-electron chi connectivity index (χ2n) is 8.72. The van der Waals surface area contributed by atoms with E-state index in [1.807, 2.05) is 52.3 Å². The van der Waals surface area contributed by atoms with Crippen molar-refractivity contribution >= 4 is 28.4 Å². The molecule has 5 nitrogen and oxygen atoms in total. The first-order chi connectivity index (χ1) is 14.7. The number of urea groups is 1. The molecule has 1 N–H and O–H groups in total. The fourth-order valence-electron chi connectivity index (χ4n) is 4.86. The number of nitrogens with zero attached hydrogens (tertiary/aromatic N) is 2. The number of nitrogens with one attached hydrogen (secondary N) is 1. The molecule has 1 aliphatic heterocycles. The molecule has 0 aromatic heterocycles. The average molecular weight is 408 g/mol. The third-order valence-electron chi connectivity index (χ3n) is 6.66. The first-order valence-corrected chi connectivity index (χ1v) is 11.5. The second kappa shape index (κ2) is 9.96. The minimum atomic E-state index is -0.0807. The molecular weight excluding hydrogens is 374 g/mol. The van der Waals surface area contributed by atoms with Crippen LogP contribution in [0.1, 0.15) is 51.4 Å². The van der Waals surface area contributed by atoms with Gasteiger partial charge in [-0.3, -0.25) is 4.79 Å². The van der Waals surface area contributed by atoms with Crippen molar-refractivity contribution in [3.05, 3.63) is 42.5 Å². The van der Waals surface area contributed by atoms with Gasteiger partial charge in [0.1, 0.15) is 0 Å². The topological polar surface area (TPSA) is 52.7 Å². The lowest BCUT2D eigenvalue weighted by atomic mass is 9.86. The number of fused-ring (bicyclic) bond motifs is 1. The standard InChI is InChI=1S/C25H33N3O2/c29-24(15-14-20-8-2-1-3-9-20)27-16-7-17-28(19-18-27)25(30)26-23-13-6-11-21-10-4-5-12-22(21)23/h4-6,10-13,20H,1-3,7-9,14-19H2,(H,26,30). The van der Waals surface area contributed by atoms with E-state index in [4.69, 9.17) is 0 Å². The van der Waals surface area contributed by atoms with Crippen molar-refractivity contribution in [1.82, 2.24) is 9.80 Å². The SMILES string of the molecule is O=C(CCC1CCCCC1)N1CCCN(C(=O)Nc2cccc3ccccc23)CC1. The molecule has 2 aliphatic rings. The molecule has 0 spiro atoms. The fraction of sp³-hybridized carbons (Fsp3) is 0.520. The molecule has 3 amide bonds. The lowest BCUT2D eigenvalue weighted by Gasteiger charge is -2.25. The highest BCUT2D eigenvalue weighted by molar-refractivity contribution is 6.01. The van der Waals surface area contributed by atoms with E-state index in [9.17, 15) is 9.59 Å².